The van der Waals surface area contributed by atoms with Gasteiger partial charge in [-0.2, -0.15) is 0 Å². The van der Waals surface area contributed by atoms with Gasteiger partial charge in [0.15, 0.2) is 0 Å². The SMILES string of the molecule is O=S(=O)(c1ccc(F)c2ccccc12)N1CCCc2ccccc21. The van der Waals surface area contributed by atoms with Gasteiger partial charge in [-0.3, -0.25) is 4.31 Å². The zero-order valence-electron chi connectivity index (χ0n) is 12.9. The Balaban J connectivity index is 1.93. The number of halogens is 1. The summed E-state index contributed by atoms with van der Waals surface area (Å²) < 4.78 is 42.0. The van der Waals surface area contributed by atoms with Crippen molar-refractivity contribution in [1.29, 1.82) is 0 Å². The Hall–Kier alpha value is -2.40. The highest BCUT2D eigenvalue weighted by atomic mass is 32.2. The van der Waals surface area contributed by atoms with Crippen LogP contribution in [0.4, 0.5) is 10.1 Å². The Morgan fingerprint density at radius 2 is 1.58 bits per heavy atom. The van der Waals surface area contributed by atoms with Crippen LogP contribution in [0.3, 0.4) is 0 Å². The van der Waals surface area contributed by atoms with Gasteiger partial charge in [0.25, 0.3) is 10.0 Å². The summed E-state index contributed by atoms with van der Waals surface area (Å²) in [5.41, 5.74) is 1.75. The van der Waals surface area contributed by atoms with Crippen molar-refractivity contribution in [2.45, 2.75) is 17.7 Å². The topological polar surface area (TPSA) is 37.4 Å². The van der Waals surface area contributed by atoms with E-state index in [9.17, 15) is 12.8 Å². The normalized spacial score (nSPS) is 14.6. The molecule has 3 nitrogen and oxygen atoms in total. The van der Waals surface area contributed by atoms with E-state index in [0.29, 0.717) is 17.3 Å². The maximum Gasteiger partial charge on any atom is 0.264 e. The molecule has 24 heavy (non-hydrogen) atoms. The lowest BCUT2D eigenvalue weighted by Gasteiger charge is -2.30. The average Bonchev–Trinajstić information content (AvgIpc) is 2.61. The van der Waals surface area contributed by atoms with E-state index in [1.165, 1.54) is 16.4 Å². The van der Waals surface area contributed by atoms with Gasteiger partial charge in [-0.1, -0.05) is 42.5 Å². The lowest BCUT2D eigenvalue weighted by atomic mass is 10.0. The fraction of sp³-hybridized carbons (Fsp3) is 0.158. The van der Waals surface area contributed by atoms with Crippen LogP contribution in [0, 0.1) is 5.82 Å². The molecule has 3 aromatic carbocycles. The fourth-order valence-corrected chi connectivity index (χ4v) is 5.07. The fourth-order valence-electron chi connectivity index (χ4n) is 3.33. The van der Waals surface area contributed by atoms with E-state index in [-0.39, 0.29) is 4.90 Å². The first kappa shape index (κ1) is 15.1. The lowest BCUT2D eigenvalue weighted by molar-refractivity contribution is 0.587. The van der Waals surface area contributed by atoms with Crippen LogP contribution >= 0.6 is 0 Å². The molecule has 0 amide bonds. The second-order valence-electron chi connectivity index (χ2n) is 5.90. The van der Waals surface area contributed by atoms with Gasteiger partial charge in [0.2, 0.25) is 0 Å². The molecule has 5 heteroatoms. The molecule has 0 unspecified atom stereocenters. The van der Waals surface area contributed by atoms with E-state index in [1.54, 1.807) is 24.3 Å². The quantitative estimate of drug-likeness (QED) is 0.703. The summed E-state index contributed by atoms with van der Waals surface area (Å²) in [7, 11) is -3.75. The monoisotopic (exact) mass is 341 g/mol. The number of sulfonamides is 1. The van der Waals surface area contributed by atoms with Crippen LogP contribution in [-0.4, -0.2) is 15.0 Å². The van der Waals surface area contributed by atoms with Crippen molar-refractivity contribution in [3.8, 4) is 0 Å². The van der Waals surface area contributed by atoms with Crippen molar-refractivity contribution in [2.24, 2.45) is 0 Å². The van der Waals surface area contributed by atoms with Gasteiger partial charge in [0.05, 0.1) is 10.6 Å². The molecule has 0 atom stereocenters. The van der Waals surface area contributed by atoms with Gasteiger partial charge in [-0.25, -0.2) is 12.8 Å². The molecule has 1 aliphatic rings. The third-order valence-electron chi connectivity index (χ3n) is 4.47. The van der Waals surface area contributed by atoms with Gasteiger partial charge in [-0.15, -0.1) is 0 Å². The van der Waals surface area contributed by atoms with Crippen LogP contribution < -0.4 is 4.31 Å². The second kappa shape index (κ2) is 5.60. The first-order chi connectivity index (χ1) is 11.6. The number of anilines is 1. The third-order valence-corrected chi connectivity index (χ3v) is 6.34. The molecule has 0 saturated heterocycles. The highest BCUT2D eigenvalue weighted by molar-refractivity contribution is 7.93. The zero-order chi connectivity index (χ0) is 16.7. The van der Waals surface area contributed by atoms with E-state index in [4.69, 9.17) is 0 Å². The second-order valence-corrected chi connectivity index (χ2v) is 7.73. The molecule has 1 heterocycles. The number of aryl methyl sites for hydroxylation is 1. The predicted molar refractivity (Wildman–Crippen MR) is 93.2 cm³/mol. The molecule has 0 N–H and O–H groups in total. The Morgan fingerprint density at radius 1 is 0.875 bits per heavy atom. The van der Waals surface area contributed by atoms with Crippen molar-refractivity contribution < 1.29 is 12.8 Å². The van der Waals surface area contributed by atoms with Gasteiger partial charge < -0.3 is 0 Å². The molecular formula is C19H16FNO2S. The highest BCUT2D eigenvalue weighted by Crippen LogP contribution is 2.34. The maximum atomic E-state index is 14.0. The number of rotatable bonds is 2. The molecule has 0 fully saturated rings. The van der Waals surface area contributed by atoms with Crippen molar-refractivity contribution in [2.75, 3.05) is 10.8 Å². The van der Waals surface area contributed by atoms with Crippen molar-refractivity contribution >= 4 is 26.5 Å². The summed E-state index contributed by atoms with van der Waals surface area (Å²) in [4.78, 5) is 0.149. The Labute approximate surface area is 140 Å². The highest BCUT2D eigenvalue weighted by Gasteiger charge is 2.30. The standard InChI is InChI=1S/C19H16FNO2S/c20-17-11-12-19(16-9-3-2-8-15(16)17)24(22,23)21-13-5-7-14-6-1-4-10-18(14)21/h1-4,6,8-12H,5,7,13H2. The van der Waals surface area contributed by atoms with Gasteiger partial charge in [-0.05, 0) is 36.6 Å². The summed E-state index contributed by atoms with van der Waals surface area (Å²) in [5.74, 6) is -0.413. The van der Waals surface area contributed by atoms with Crippen LogP contribution in [-0.2, 0) is 16.4 Å². The first-order valence-corrected chi connectivity index (χ1v) is 9.31. The molecule has 0 radical (unpaired) electrons. The lowest BCUT2D eigenvalue weighted by Crippen LogP contribution is -2.35. The Morgan fingerprint density at radius 3 is 2.42 bits per heavy atom. The number of nitrogens with zero attached hydrogens (tertiary/aromatic N) is 1. The first-order valence-electron chi connectivity index (χ1n) is 7.87. The number of fused-ring (bicyclic) bond motifs is 2. The van der Waals surface area contributed by atoms with E-state index in [2.05, 4.69) is 0 Å². The van der Waals surface area contributed by atoms with Crippen molar-refractivity contribution in [3.63, 3.8) is 0 Å². The molecule has 4 rings (SSSR count). The minimum atomic E-state index is -3.75. The average molecular weight is 341 g/mol. The molecule has 0 spiro atoms. The smallest absolute Gasteiger partial charge is 0.264 e. The van der Waals surface area contributed by atoms with E-state index in [1.807, 2.05) is 24.3 Å². The van der Waals surface area contributed by atoms with E-state index < -0.39 is 15.8 Å². The third kappa shape index (κ3) is 2.27. The molecule has 0 aromatic heterocycles. The predicted octanol–water partition coefficient (Wildman–Crippen LogP) is 4.12. The Kier molecular flexibility index (Phi) is 3.53. The molecule has 0 bridgehead atoms. The van der Waals surface area contributed by atoms with Gasteiger partial charge >= 0.3 is 0 Å². The Bertz CT molecular complexity index is 1030. The minimum absolute atomic E-state index is 0.149. The van der Waals surface area contributed by atoms with E-state index >= 15 is 0 Å². The molecule has 3 aromatic rings. The summed E-state index contributed by atoms with van der Waals surface area (Å²) in [6.07, 6.45) is 1.64. The molecule has 0 aliphatic carbocycles. The summed E-state index contributed by atoms with van der Waals surface area (Å²) >= 11 is 0. The van der Waals surface area contributed by atoms with Crippen LogP contribution in [0.5, 0.6) is 0 Å². The molecule has 122 valence electrons. The molecule has 1 aliphatic heterocycles. The van der Waals surface area contributed by atoms with Gasteiger partial charge in [0.1, 0.15) is 5.82 Å². The molecular weight excluding hydrogens is 325 g/mol. The minimum Gasteiger partial charge on any atom is -0.266 e. The zero-order valence-corrected chi connectivity index (χ0v) is 13.8. The van der Waals surface area contributed by atoms with Crippen LogP contribution in [0.25, 0.3) is 10.8 Å². The van der Waals surface area contributed by atoms with Crippen molar-refractivity contribution in [1.82, 2.24) is 0 Å². The van der Waals surface area contributed by atoms with Crippen LogP contribution in [0.1, 0.15) is 12.0 Å². The van der Waals surface area contributed by atoms with Crippen LogP contribution in [0.15, 0.2) is 65.6 Å². The largest absolute Gasteiger partial charge is 0.266 e. The number of benzene rings is 3. The number of hydrogen-bond donors (Lipinski definition) is 0. The maximum absolute atomic E-state index is 14.0. The number of para-hydroxylation sites is 1. The summed E-state index contributed by atoms with van der Waals surface area (Å²) in [6, 6.07) is 16.8. The van der Waals surface area contributed by atoms with E-state index in [0.717, 1.165) is 24.1 Å². The van der Waals surface area contributed by atoms with Gasteiger partial charge in [0, 0.05) is 17.3 Å². The van der Waals surface area contributed by atoms with Crippen molar-refractivity contribution in [3.05, 3.63) is 72.0 Å². The number of hydrogen-bond acceptors (Lipinski definition) is 2. The van der Waals surface area contributed by atoms with Crippen LogP contribution in [0.2, 0.25) is 0 Å². The summed E-state index contributed by atoms with van der Waals surface area (Å²) in [5, 5.41) is 0.740. The summed E-state index contributed by atoms with van der Waals surface area (Å²) in [6.45, 7) is 0.436. The molecule has 0 saturated carbocycles.